The van der Waals surface area contributed by atoms with Crippen LogP contribution in [-0.2, 0) is 4.74 Å². The summed E-state index contributed by atoms with van der Waals surface area (Å²) in [5.41, 5.74) is 1.28. The highest BCUT2D eigenvalue weighted by atomic mass is 16.5. The van der Waals surface area contributed by atoms with Crippen LogP contribution in [0.25, 0.3) is 0 Å². The van der Waals surface area contributed by atoms with Gasteiger partial charge in [0.15, 0.2) is 0 Å². The SMILES string of the molecule is C=CCNc1ccc(C(=O)NCCCOC)nc1. The number of anilines is 1. The molecular weight excluding hydrogens is 230 g/mol. The Hall–Kier alpha value is -1.88. The van der Waals surface area contributed by atoms with Gasteiger partial charge in [-0.15, -0.1) is 6.58 Å². The Morgan fingerprint density at radius 3 is 3.00 bits per heavy atom. The lowest BCUT2D eigenvalue weighted by Gasteiger charge is -2.06. The van der Waals surface area contributed by atoms with E-state index in [9.17, 15) is 4.79 Å². The quantitative estimate of drug-likeness (QED) is 0.540. The number of rotatable bonds is 8. The molecule has 98 valence electrons. The van der Waals surface area contributed by atoms with Crippen molar-refractivity contribution in [2.45, 2.75) is 6.42 Å². The first-order valence-electron chi connectivity index (χ1n) is 5.86. The molecule has 0 unspecified atom stereocenters. The van der Waals surface area contributed by atoms with Crippen LogP contribution in [0.2, 0.25) is 0 Å². The number of amides is 1. The summed E-state index contributed by atoms with van der Waals surface area (Å²) in [6, 6.07) is 3.51. The van der Waals surface area contributed by atoms with Crippen LogP contribution in [0.4, 0.5) is 5.69 Å². The van der Waals surface area contributed by atoms with Crippen molar-refractivity contribution in [1.29, 1.82) is 0 Å². The van der Waals surface area contributed by atoms with Crippen LogP contribution in [0.1, 0.15) is 16.9 Å². The smallest absolute Gasteiger partial charge is 0.269 e. The van der Waals surface area contributed by atoms with Gasteiger partial charge in [-0.3, -0.25) is 4.79 Å². The second kappa shape index (κ2) is 8.25. The van der Waals surface area contributed by atoms with E-state index in [0.29, 0.717) is 25.4 Å². The number of nitrogens with zero attached hydrogens (tertiary/aromatic N) is 1. The monoisotopic (exact) mass is 249 g/mol. The van der Waals surface area contributed by atoms with Gasteiger partial charge in [-0.1, -0.05) is 6.08 Å². The Balaban J connectivity index is 2.41. The van der Waals surface area contributed by atoms with Crippen LogP contribution in [0.15, 0.2) is 31.0 Å². The molecule has 18 heavy (non-hydrogen) atoms. The minimum atomic E-state index is -0.165. The number of hydrogen-bond acceptors (Lipinski definition) is 4. The van der Waals surface area contributed by atoms with Crippen LogP contribution in [0, 0.1) is 0 Å². The molecule has 1 amide bonds. The number of ether oxygens (including phenoxy) is 1. The molecular formula is C13H19N3O2. The van der Waals surface area contributed by atoms with Gasteiger partial charge < -0.3 is 15.4 Å². The number of carbonyl (C=O) groups is 1. The van der Waals surface area contributed by atoms with Crippen LogP contribution >= 0.6 is 0 Å². The second-order valence-corrected chi connectivity index (χ2v) is 3.70. The van der Waals surface area contributed by atoms with Crippen molar-refractivity contribution in [2.75, 3.05) is 32.1 Å². The molecule has 1 heterocycles. The number of methoxy groups -OCH3 is 1. The van der Waals surface area contributed by atoms with Gasteiger partial charge in [-0.05, 0) is 18.6 Å². The van der Waals surface area contributed by atoms with Gasteiger partial charge in [-0.25, -0.2) is 4.98 Å². The van der Waals surface area contributed by atoms with Crippen molar-refractivity contribution in [3.63, 3.8) is 0 Å². The lowest BCUT2D eigenvalue weighted by atomic mass is 10.3. The fourth-order valence-corrected chi connectivity index (χ4v) is 1.33. The average Bonchev–Trinajstić information content (AvgIpc) is 2.41. The van der Waals surface area contributed by atoms with E-state index in [1.165, 1.54) is 0 Å². The summed E-state index contributed by atoms with van der Waals surface area (Å²) in [6.45, 7) is 5.51. The van der Waals surface area contributed by atoms with E-state index < -0.39 is 0 Å². The van der Waals surface area contributed by atoms with E-state index >= 15 is 0 Å². The van der Waals surface area contributed by atoms with Gasteiger partial charge in [0.25, 0.3) is 5.91 Å². The molecule has 0 fully saturated rings. The molecule has 1 aromatic rings. The summed E-state index contributed by atoms with van der Waals surface area (Å²) in [5.74, 6) is -0.165. The zero-order chi connectivity index (χ0) is 13.2. The number of aromatic nitrogens is 1. The third-order valence-electron chi connectivity index (χ3n) is 2.26. The van der Waals surface area contributed by atoms with Crippen molar-refractivity contribution >= 4 is 11.6 Å². The van der Waals surface area contributed by atoms with E-state index in [1.807, 2.05) is 6.07 Å². The van der Waals surface area contributed by atoms with Crippen LogP contribution in [-0.4, -0.2) is 37.7 Å². The zero-order valence-electron chi connectivity index (χ0n) is 10.6. The molecule has 1 aromatic heterocycles. The second-order valence-electron chi connectivity index (χ2n) is 3.70. The molecule has 0 aliphatic carbocycles. The first-order chi connectivity index (χ1) is 8.77. The summed E-state index contributed by atoms with van der Waals surface area (Å²) >= 11 is 0. The maximum Gasteiger partial charge on any atom is 0.269 e. The number of pyridine rings is 1. The van der Waals surface area contributed by atoms with E-state index in [-0.39, 0.29) is 5.91 Å². The van der Waals surface area contributed by atoms with Gasteiger partial charge in [0, 0.05) is 26.8 Å². The topological polar surface area (TPSA) is 63.2 Å². The van der Waals surface area contributed by atoms with E-state index in [0.717, 1.165) is 12.1 Å². The third-order valence-corrected chi connectivity index (χ3v) is 2.26. The molecule has 5 nitrogen and oxygen atoms in total. The largest absolute Gasteiger partial charge is 0.385 e. The molecule has 5 heteroatoms. The van der Waals surface area contributed by atoms with Crippen molar-refractivity contribution in [3.05, 3.63) is 36.7 Å². The molecule has 0 bridgehead atoms. The molecule has 0 aliphatic heterocycles. The van der Waals surface area contributed by atoms with Crippen LogP contribution in [0.3, 0.4) is 0 Å². The van der Waals surface area contributed by atoms with E-state index in [4.69, 9.17) is 4.74 Å². The molecule has 0 spiro atoms. The summed E-state index contributed by atoms with van der Waals surface area (Å²) in [7, 11) is 1.64. The molecule has 0 aliphatic rings. The lowest BCUT2D eigenvalue weighted by Crippen LogP contribution is -2.26. The molecule has 0 saturated carbocycles. The number of nitrogens with one attached hydrogen (secondary N) is 2. The van der Waals surface area contributed by atoms with Gasteiger partial charge >= 0.3 is 0 Å². The summed E-state index contributed by atoms with van der Waals surface area (Å²) in [5, 5.41) is 5.87. The Morgan fingerprint density at radius 1 is 1.56 bits per heavy atom. The lowest BCUT2D eigenvalue weighted by molar-refractivity contribution is 0.0943. The minimum absolute atomic E-state index is 0.165. The third kappa shape index (κ3) is 4.97. The van der Waals surface area contributed by atoms with Crippen molar-refractivity contribution in [2.24, 2.45) is 0 Å². The predicted molar refractivity (Wildman–Crippen MR) is 71.7 cm³/mol. The van der Waals surface area contributed by atoms with Crippen LogP contribution < -0.4 is 10.6 Å². The standard InChI is InChI=1S/C13H19N3O2/c1-3-7-14-11-5-6-12(16-10-11)13(17)15-8-4-9-18-2/h3,5-6,10,14H,1,4,7-9H2,2H3,(H,15,17). The summed E-state index contributed by atoms with van der Waals surface area (Å²) < 4.78 is 4.90. The van der Waals surface area contributed by atoms with Gasteiger partial charge in [0.2, 0.25) is 0 Å². The normalized spacial score (nSPS) is 9.83. The van der Waals surface area contributed by atoms with Gasteiger partial charge in [0.05, 0.1) is 11.9 Å². The predicted octanol–water partition coefficient (Wildman–Crippen LogP) is 1.45. The highest BCUT2D eigenvalue weighted by Crippen LogP contribution is 2.05. The van der Waals surface area contributed by atoms with E-state index in [1.54, 1.807) is 25.4 Å². The average molecular weight is 249 g/mol. The molecule has 0 saturated heterocycles. The van der Waals surface area contributed by atoms with Crippen molar-refractivity contribution < 1.29 is 9.53 Å². The first kappa shape index (κ1) is 14.2. The molecule has 0 atom stereocenters. The number of carbonyl (C=O) groups excluding carboxylic acids is 1. The fraction of sp³-hybridized carbons (Fsp3) is 0.385. The highest BCUT2D eigenvalue weighted by Gasteiger charge is 2.05. The zero-order valence-corrected chi connectivity index (χ0v) is 10.6. The van der Waals surface area contributed by atoms with Crippen molar-refractivity contribution in [1.82, 2.24) is 10.3 Å². The van der Waals surface area contributed by atoms with Gasteiger partial charge in [-0.2, -0.15) is 0 Å². The Morgan fingerprint density at radius 2 is 2.39 bits per heavy atom. The highest BCUT2D eigenvalue weighted by molar-refractivity contribution is 5.92. The Labute approximate surface area is 107 Å². The van der Waals surface area contributed by atoms with E-state index in [2.05, 4.69) is 22.2 Å². The van der Waals surface area contributed by atoms with Crippen LogP contribution in [0.5, 0.6) is 0 Å². The molecule has 2 N–H and O–H groups in total. The Bertz CT molecular complexity index is 376. The summed E-state index contributed by atoms with van der Waals surface area (Å²) in [4.78, 5) is 15.8. The molecule has 1 rings (SSSR count). The maximum absolute atomic E-state index is 11.7. The minimum Gasteiger partial charge on any atom is -0.385 e. The fourth-order valence-electron chi connectivity index (χ4n) is 1.33. The Kier molecular flexibility index (Phi) is 6.50. The maximum atomic E-state index is 11.7. The van der Waals surface area contributed by atoms with Gasteiger partial charge in [0.1, 0.15) is 5.69 Å². The number of hydrogen-bond donors (Lipinski definition) is 2. The summed E-state index contributed by atoms with van der Waals surface area (Å²) in [6.07, 6.45) is 4.19. The van der Waals surface area contributed by atoms with Crippen molar-refractivity contribution in [3.8, 4) is 0 Å². The first-order valence-corrected chi connectivity index (χ1v) is 5.86. The molecule has 0 aromatic carbocycles. The molecule has 0 radical (unpaired) electrons.